The standard InChI is InChI=1S/C41H27N/c1-3-9-28(10-4-1)31-15-18-32(19-16-31)40-37-23-24-42-27-39(37)41(35-20-17-30-13-7-8-14-33(30)25-35)36-22-21-34(26-38(36)40)29-11-5-2-6-12-29/h1-27H. The van der Waals surface area contributed by atoms with Gasteiger partial charge in [-0.1, -0.05) is 133 Å². The lowest BCUT2D eigenvalue weighted by atomic mass is 9.85. The SMILES string of the molecule is c1ccc(-c2ccc(-c3c4ccncc4c(-c4ccc5ccccc5c4)c4ccc(-c5ccccc5)cc34)cc2)cc1. The van der Waals surface area contributed by atoms with Crippen molar-refractivity contribution < 1.29 is 0 Å². The highest BCUT2D eigenvalue weighted by atomic mass is 14.6. The first-order valence-electron chi connectivity index (χ1n) is 14.4. The van der Waals surface area contributed by atoms with Crippen molar-refractivity contribution in [3.05, 3.63) is 164 Å². The van der Waals surface area contributed by atoms with Crippen molar-refractivity contribution in [1.29, 1.82) is 0 Å². The molecule has 0 aliphatic rings. The average molecular weight is 534 g/mol. The Morgan fingerprint density at radius 3 is 1.62 bits per heavy atom. The Hall–Kier alpha value is -5.53. The Kier molecular flexibility index (Phi) is 5.86. The van der Waals surface area contributed by atoms with Crippen molar-refractivity contribution >= 4 is 32.3 Å². The fraction of sp³-hybridized carbons (Fsp3) is 0. The van der Waals surface area contributed by atoms with E-state index < -0.39 is 0 Å². The molecule has 0 radical (unpaired) electrons. The van der Waals surface area contributed by atoms with Crippen LogP contribution in [0.1, 0.15) is 0 Å². The Labute approximate surface area is 245 Å². The van der Waals surface area contributed by atoms with Crippen molar-refractivity contribution in [3.63, 3.8) is 0 Å². The molecule has 0 saturated heterocycles. The minimum Gasteiger partial charge on any atom is -0.264 e. The summed E-state index contributed by atoms with van der Waals surface area (Å²) in [5.74, 6) is 0. The van der Waals surface area contributed by atoms with E-state index in [1.807, 2.05) is 12.4 Å². The topological polar surface area (TPSA) is 12.9 Å². The van der Waals surface area contributed by atoms with Crippen molar-refractivity contribution in [2.45, 2.75) is 0 Å². The minimum absolute atomic E-state index is 1.16. The summed E-state index contributed by atoms with van der Waals surface area (Å²) in [5, 5.41) is 7.32. The van der Waals surface area contributed by atoms with Gasteiger partial charge in [0.2, 0.25) is 0 Å². The van der Waals surface area contributed by atoms with Gasteiger partial charge in [0.15, 0.2) is 0 Å². The first kappa shape index (κ1) is 24.3. The van der Waals surface area contributed by atoms with E-state index in [0.29, 0.717) is 0 Å². The first-order chi connectivity index (χ1) is 20.8. The summed E-state index contributed by atoms with van der Waals surface area (Å²) in [4.78, 5) is 4.62. The minimum atomic E-state index is 1.16. The smallest absolute Gasteiger partial charge is 0.0353 e. The summed E-state index contributed by atoms with van der Waals surface area (Å²) < 4.78 is 0. The molecule has 0 aliphatic carbocycles. The van der Waals surface area contributed by atoms with Crippen molar-refractivity contribution in [2.75, 3.05) is 0 Å². The van der Waals surface area contributed by atoms with Gasteiger partial charge in [-0.05, 0) is 89.6 Å². The molecule has 0 aliphatic heterocycles. The normalized spacial score (nSPS) is 11.3. The maximum Gasteiger partial charge on any atom is 0.0353 e. The number of aromatic nitrogens is 1. The van der Waals surface area contributed by atoms with E-state index in [0.717, 1.165) is 5.39 Å². The van der Waals surface area contributed by atoms with Crippen LogP contribution in [0.2, 0.25) is 0 Å². The van der Waals surface area contributed by atoms with E-state index in [9.17, 15) is 0 Å². The second-order valence-corrected chi connectivity index (χ2v) is 10.8. The van der Waals surface area contributed by atoms with Gasteiger partial charge in [-0.25, -0.2) is 0 Å². The second-order valence-electron chi connectivity index (χ2n) is 10.8. The Morgan fingerprint density at radius 2 is 0.857 bits per heavy atom. The average Bonchev–Trinajstić information content (AvgIpc) is 3.07. The molecule has 1 heteroatoms. The largest absolute Gasteiger partial charge is 0.264 e. The molecule has 196 valence electrons. The van der Waals surface area contributed by atoms with Crippen LogP contribution in [0.25, 0.3) is 76.8 Å². The predicted octanol–water partition coefficient (Wildman–Crippen LogP) is 11.2. The number of benzene rings is 7. The molecule has 8 aromatic rings. The molecular formula is C41H27N. The van der Waals surface area contributed by atoms with Crippen LogP contribution in [-0.2, 0) is 0 Å². The van der Waals surface area contributed by atoms with Crippen LogP contribution < -0.4 is 0 Å². The highest BCUT2D eigenvalue weighted by Gasteiger charge is 2.18. The predicted molar refractivity (Wildman–Crippen MR) is 178 cm³/mol. The molecule has 0 atom stereocenters. The maximum absolute atomic E-state index is 4.62. The highest BCUT2D eigenvalue weighted by Crippen LogP contribution is 2.45. The van der Waals surface area contributed by atoms with Crippen LogP contribution in [0.15, 0.2) is 164 Å². The Morgan fingerprint density at radius 1 is 0.310 bits per heavy atom. The van der Waals surface area contributed by atoms with Crippen molar-refractivity contribution in [2.24, 2.45) is 0 Å². The number of pyridine rings is 1. The van der Waals surface area contributed by atoms with Gasteiger partial charge in [0.1, 0.15) is 0 Å². The summed E-state index contributed by atoms with van der Waals surface area (Å²) in [6.07, 6.45) is 3.95. The Bertz CT molecular complexity index is 2210. The summed E-state index contributed by atoms with van der Waals surface area (Å²) >= 11 is 0. The number of hydrogen-bond acceptors (Lipinski definition) is 1. The molecule has 1 heterocycles. The quantitative estimate of drug-likeness (QED) is 0.205. The number of fused-ring (bicyclic) bond motifs is 3. The monoisotopic (exact) mass is 533 g/mol. The molecule has 0 bridgehead atoms. The van der Waals surface area contributed by atoms with E-state index in [-0.39, 0.29) is 0 Å². The van der Waals surface area contributed by atoms with E-state index >= 15 is 0 Å². The zero-order valence-electron chi connectivity index (χ0n) is 23.0. The maximum atomic E-state index is 4.62. The van der Waals surface area contributed by atoms with Crippen molar-refractivity contribution in [3.8, 4) is 44.5 Å². The third-order valence-electron chi connectivity index (χ3n) is 8.34. The van der Waals surface area contributed by atoms with Gasteiger partial charge in [-0.2, -0.15) is 0 Å². The molecule has 0 fully saturated rings. The van der Waals surface area contributed by atoms with E-state index in [1.54, 1.807) is 0 Å². The van der Waals surface area contributed by atoms with E-state index in [4.69, 9.17) is 0 Å². The summed E-state index contributed by atoms with van der Waals surface area (Å²) in [6, 6.07) is 54.7. The van der Waals surface area contributed by atoms with E-state index in [1.165, 1.54) is 71.4 Å². The molecule has 0 N–H and O–H groups in total. The van der Waals surface area contributed by atoms with Crippen molar-refractivity contribution in [1.82, 2.24) is 4.98 Å². The molecule has 1 aromatic heterocycles. The summed E-state index contributed by atoms with van der Waals surface area (Å²) in [6.45, 7) is 0. The zero-order valence-corrected chi connectivity index (χ0v) is 23.0. The molecule has 0 saturated carbocycles. The Balaban J connectivity index is 1.44. The lowest BCUT2D eigenvalue weighted by Gasteiger charge is -2.19. The van der Waals surface area contributed by atoms with E-state index in [2.05, 4.69) is 157 Å². The number of rotatable bonds is 4. The molecule has 8 rings (SSSR count). The van der Waals surface area contributed by atoms with Gasteiger partial charge in [0.05, 0.1) is 0 Å². The third kappa shape index (κ3) is 4.15. The van der Waals surface area contributed by atoms with Crippen LogP contribution in [0.4, 0.5) is 0 Å². The third-order valence-corrected chi connectivity index (χ3v) is 8.34. The number of hydrogen-bond donors (Lipinski definition) is 0. The molecular weight excluding hydrogens is 506 g/mol. The lowest BCUT2D eigenvalue weighted by molar-refractivity contribution is 1.37. The molecule has 0 unspecified atom stereocenters. The van der Waals surface area contributed by atoms with Crippen LogP contribution in [-0.4, -0.2) is 4.98 Å². The van der Waals surface area contributed by atoms with Crippen LogP contribution >= 0.6 is 0 Å². The number of nitrogens with zero attached hydrogens (tertiary/aromatic N) is 1. The second kappa shape index (κ2) is 10.1. The molecule has 7 aromatic carbocycles. The van der Waals surface area contributed by atoms with Gasteiger partial charge in [0.25, 0.3) is 0 Å². The van der Waals surface area contributed by atoms with Gasteiger partial charge in [0, 0.05) is 17.8 Å². The summed E-state index contributed by atoms with van der Waals surface area (Å²) in [7, 11) is 0. The first-order valence-corrected chi connectivity index (χ1v) is 14.4. The molecule has 1 nitrogen and oxygen atoms in total. The molecule has 0 spiro atoms. The van der Waals surface area contributed by atoms with Crippen LogP contribution in [0.5, 0.6) is 0 Å². The molecule has 42 heavy (non-hydrogen) atoms. The highest BCUT2D eigenvalue weighted by molar-refractivity contribution is 6.22. The van der Waals surface area contributed by atoms with Gasteiger partial charge in [-0.3, -0.25) is 4.98 Å². The summed E-state index contributed by atoms with van der Waals surface area (Å²) in [5.41, 5.74) is 9.73. The van der Waals surface area contributed by atoms with Gasteiger partial charge < -0.3 is 0 Å². The fourth-order valence-electron chi connectivity index (χ4n) is 6.31. The lowest BCUT2D eigenvalue weighted by Crippen LogP contribution is -1.92. The fourth-order valence-corrected chi connectivity index (χ4v) is 6.31. The van der Waals surface area contributed by atoms with Gasteiger partial charge in [-0.15, -0.1) is 0 Å². The van der Waals surface area contributed by atoms with Gasteiger partial charge >= 0.3 is 0 Å². The molecule has 0 amide bonds. The van der Waals surface area contributed by atoms with Crippen LogP contribution in [0.3, 0.4) is 0 Å². The van der Waals surface area contributed by atoms with Crippen LogP contribution in [0, 0.1) is 0 Å². The zero-order chi connectivity index (χ0) is 27.9.